The first-order chi connectivity index (χ1) is 14.0. The van der Waals surface area contributed by atoms with Crippen molar-refractivity contribution in [1.29, 1.82) is 0 Å². The molecule has 1 heterocycles. The molecule has 30 heavy (non-hydrogen) atoms. The Bertz CT molecular complexity index is 649. The maximum Gasteiger partial charge on any atom is 0.191 e. The molecule has 8 heteroatoms. The molecule has 0 aliphatic carbocycles. The molecular weight excluding hydrogens is 495 g/mol. The number of nitrogens with one attached hydrogen (secondary N) is 2. The number of halogens is 1. The third-order valence-corrected chi connectivity index (χ3v) is 5.08. The first-order valence-corrected chi connectivity index (χ1v) is 10.5. The molecule has 1 aliphatic heterocycles. The van der Waals surface area contributed by atoms with Crippen molar-refractivity contribution in [2.75, 3.05) is 59.7 Å². The van der Waals surface area contributed by atoms with E-state index >= 15 is 0 Å². The van der Waals surface area contributed by atoms with Crippen LogP contribution in [-0.4, -0.2) is 76.1 Å². The number of guanidine groups is 1. The van der Waals surface area contributed by atoms with Gasteiger partial charge in [0.2, 0.25) is 0 Å². The number of benzene rings is 1. The minimum Gasteiger partial charge on any atom is -0.491 e. The van der Waals surface area contributed by atoms with Crippen molar-refractivity contribution in [3.8, 4) is 5.75 Å². The number of hydrogen-bond acceptors (Lipinski definition) is 5. The molecule has 0 bridgehead atoms. The fraction of sp³-hybridized carbons (Fsp3) is 0.682. The lowest BCUT2D eigenvalue weighted by atomic mass is 10.0. The zero-order valence-electron chi connectivity index (χ0n) is 19.1. The Morgan fingerprint density at radius 3 is 2.60 bits per heavy atom. The summed E-state index contributed by atoms with van der Waals surface area (Å²) in [4.78, 5) is 7.26. The molecule has 1 saturated heterocycles. The second-order valence-corrected chi connectivity index (χ2v) is 7.91. The second kappa shape index (κ2) is 14.1. The van der Waals surface area contributed by atoms with Crippen LogP contribution in [-0.2, 0) is 16.0 Å². The van der Waals surface area contributed by atoms with Crippen LogP contribution in [0.4, 0.5) is 0 Å². The van der Waals surface area contributed by atoms with E-state index in [1.807, 2.05) is 0 Å². The van der Waals surface area contributed by atoms with Gasteiger partial charge in [-0.05, 0) is 39.3 Å². The average Bonchev–Trinajstić information content (AvgIpc) is 2.72. The van der Waals surface area contributed by atoms with Crippen molar-refractivity contribution in [2.45, 2.75) is 39.8 Å². The van der Waals surface area contributed by atoms with Crippen molar-refractivity contribution >= 4 is 29.9 Å². The molecule has 172 valence electrons. The molecule has 0 spiro atoms. The van der Waals surface area contributed by atoms with Crippen LogP contribution in [0, 0.1) is 6.92 Å². The SMILES string of the molecule is CCNC(=NCc1ccc(C)cc1OCCOC)NCC(C)(C)N1CCOCC1.I. The van der Waals surface area contributed by atoms with Crippen molar-refractivity contribution in [1.82, 2.24) is 15.5 Å². The number of methoxy groups -OCH3 is 1. The third-order valence-electron chi connectivity index (χ3n) is 5.08. The summed E-state index contributed by atoms with van der Waals surface area (Å²) < 4.78 is 16.5. The predicted octanol–water partition coefficient (Wildman–Crippen LogP) is 2.80. The van der Waals surface area contributed by atoms with Crippen molar-refractivity contribution in [3.63, 3.8) is 0 Å². The standard InChI is InChI=1S/C22H38N4O3.HI/c1-6-23-21(25-17-22(3,4)26-9-11-28-12-10-26)24-16-19-8-7-18(2)15-20(19)29-14-13-27-5;/h7-8,15H,6,9-14,16-17H2,1-5H3,(H2,23,24,25);1H. The zero-order chi connectivity index (χ0) is 21.1. The normalized spacial score (nSPS) is 15.4. The van der Waals surface area contributed by atoms with E-state index in [1.54, 1.807) is 7.11 Å². The summed E-state index contributed by atoms with van der Waals surface area (Å²) in [6, 6.07) is 6.24. The van der Waals surface area contributed by atoms with Crippen LogP contribution in [0.5, 0.6) is 5.75 Å². The Morgan fingerprint density at radius 1 is 1.20 bits per heavy atom. The lowest BCUT2D eigenvalue weighted by Gasteiger charge is -2.41. The van der Waals surface area contributed by atoms with E-state index in [0.717, 1.165) is 56.7 Å². The number of nitrogens with zero attached hydrogens (tertiary/aromatic N) is 2. The molecule has 0 amide bonds. The summed E-state index contributed by atoms with van der Waals surface area (Å²) in [6.07, 6.45) is 0. The minimum atomic E-state index is 0. The number of aryl methyl sites for hydroxylation is 1. The summed E-state index contributed by atoms with van der Waals surface area (Å²) >= 11 is 0. The van der Waals surface area contributed by atoms with Gasteiger partial charge in [0.25, 0.3) is 0 Å². The quantitative estimate of drug-likeness (QED) is 0.208. The Labute approximate surface area is 199 Å². The van der Waals surface area contributed by atoms with Gasteiger partial charge in [-0.3, -0.25) is 4.90 Å². The molecule has 2 N–H and O–H groups in total. The molecule has 2 rings (SSSR count). The van der Waals surface area contributed by atoms with Gasteiger partial charge in [-0.25, -0.2) is 4.99 Å². The molecule has 1 aromatic carbocycles. The van der Waals surface area contributed by atoms with E-state index in [2.05, 4.69) is 61.4 Å². The highest BCUT2D eigenvalue weighted by Gasteiger charge is 2.28. The van der Waals surface area contributed by atoms with E-state index in [4.69, 9.17) is 19.2 Å². The average molecular weight is 534 g/mol. The van der Waals surface area contributed by atoms with E-state index < -0.39 is 0 Å². The second-order valence-electron chi connectivity index (χ2n) is 7.91. The Kier molecular flexibility index (Phi) is 12.6. The first-order valence-electron chi connectivity index (χ1n) is 10.5. The van der Waals surface area contributed by atoms with Crippen LogP contribution < -0.4 is 15.4 Å². The van der Waals surface area contributed by atoms with Crippen LogP contribution in [0.1, 0.15) is 31.9 Å². The molecular formula is C22H39IN4O3. The molecule has 1 aliphatic rings. The molecule has 0 atom stereocenters. The monoisotopic (exact) mass is 534 g/mol. The highest BCUT2D eigenvalue weighted by molar-refractivity contribution is 14.0. The van der Waals surface area contributed by atoms with Crippen LogP contribution >= 0.6 is 24.0 Å². The zero-order valence-corrected chi connectivity index (χ0v) is 21.5. The molecule has 0 aromatic heterocycles. The van der Waals surface area contributed by atoms with Gasteiger partial charge in [0, 0.05) is 44.4 Å². The van der Waals surface area contributed by atoms with E-state index in [-0.39, 0.29) is 29.5 Å². The van der Waals surface area contributed by atoms with Crippen LogP contribution in [0.25, 0.3) is 0 Å². The van der Waals surface area contributed by atoms with Crippen LogP contribution in [0.2, 0.25) is 0 Å². The lowest BCUT2D eigenvalue weighted by molar-refractivity contribution is -0.00834. The van der Waals surface area contributed by atoms with E-state index in [0.29, 0.717) is 19.8 Å². The van der Waals surface area contributed by atoms with Gasteiger partial charge < -0.3 is 24.8 Å². The number of rotatable bonds is 10. The summed E-state index contributed by atoms with van der Waals surface area (Å²) in [5.41, 5.74) is 2.26. The molecule has 0 unspecified atom stereocenters. The molecule has 1 aromatic rings. The topological polar surface area (TPSA) is 67.4 Å². The molecule has 0 radical (unpaired) electrons. The third kappa shape index (κ3) is 8.95. The molecule has 0 saturated carbocycles. The predicted molar refractivity (Wildman–Crippen MR) is 133 cm³/mol. The van der Waals surface area contributed by atoms with Crippen molar-refractivity contribution < 1.29 is 14.2 Å². The largest absolute Gasteiger partial charge is 0.491 e. The maximum absolute atomic E-state index is 5.89. The van der Waals surface area contributed by atoms with Gasteiger partial charge in [0.1, 0.15) is 12.4 Å². The Morgan fingerprint density at radius 2 is 1.93 bits per heavy atom. The van der Waals surface area contributed by atoms with Crippen molar-refractivity contribution in [3.05, 3.63) is 29.3 Å². The minimum absolute atomic E-state index is 0. The van der Waals surface area contributed by atoms with E-state index in [9.17, 15) is 0 Å². The highest BCUT2D eigenvalue weighted by Crippen LogP contribution is 2.21. The molecule has 7 nitrogen and oxygen atoms in total. The fourth-order valence-corrected chi connectivity index (χ4v) is 3.25. The number of ether oxygens (including phenoxy) is 3. The summed E-state index contributed by atoms with van der Waals surface area (Å²) in [5.74, 6) is 1.69. The maximum atomic E-state index is 5.89. The van der Waals surface area contributed by atoms with Gasteiger partial charge >= 0.3 is 0 Å². The van der Waals surface area contributed by atoms with Crippen molar-refractivity contribution in [2.24, 2.45) is 4.99 Å². The van der Waals surface area contributed by atoms with Gasteiger partial charge in [-0.15, -0.1) is 24.0 Å². The Hall–Kier alpha value is -1.10. The van der Waals surface area contributed by atoms with Gasteiger partial charge in [0.05, 0.1) is 26.4 Å². The van der Waals surface area contributed by atoms with Crippen LogP contribution in [0.3, 0.4) is 0 Å². The van der Waals surface area contributed by atoms with Gasteiger partial charge in [-0.1, -0.05) is 12.1 Å². The number of morpholine rings is 1. The first kappa shape index (κ1) is 26.9. The smallest absolute Gasteiger partial charge is 0.191 e. The molecule has 1 fully saturated rings. The van der Waals surface area contributed by atoms with Crippen LogP contribution in [0.15, 0.2) is 23.2 Å². The Balaban J connectivity index is 0.00000450. The lowest BCUT2D eigenvalue weighted by Crippen LogP contribution is -2.56. The fourth-order valence-electron chi connectivity index (χ4n) is 3.25. The highest BCUT2D eigenvalue weighted by atomic mass is 127. The number of hydrogen-bond donors (Lipinski definition) is 2. The number of aliphatic imine (C=N–C) groups is 1. The summed E-state index contributed by atoms with van der Waals surface area (Å²) in [6.45, 7) is 15.5. The summed E-state index contributed by atoms with van der Waals surface area (Å²) in [7, 11) is 1.68. The van der Waals surface area contributed by atoms with E-state index in [1.165, 1.54) is 5.56 Å². The van der Waals surface area contributed by atoms with Gasteiger partial charge in [-0.2, -0.15) is 0 Å². The summed E-state index contributed by atoms with van der Waals surface area (Å²) in [5, 5.41) is 6.85. The van der Waals surface area contributed by atoms with Gasteiger partial charge in [0.15, 0.2) is 5.96 Å².